The van der Waals surface area contributed by atoms with Crippen LogP contribution in [-0.2, 0) is 13.1 Å². The van der Waals surface area contributed by atoms with Gasteiger partial charge in [-0.15, -0.1) is 5.10 Å². The fraction of sp³-hybridized carbons (Fsp3) is 0.333. The molecular weight excluding hydrogens is 236 g/mol. The van der Waals surface area contributed by atoms with Crippen LogP contribution in [0.25, 0.3) is 11.3 Å². The predicted octanol–water partition coefficient (Wildman–Crippen LogP) is 2.47. The minimum Gasteiger partial charge on any atom is -0.325 e. The lowest BCUT2D eigenvalue weighted by atomic mass is 10.1. The van der Waals surface area contributed by atoms with Gasteiger partial charge in [-0.1, -0.05) is 41.9 Å². The van der Waals surface area contributed by atoms with Crippen LogP contribution in [0.5, 0.6) is 0 Å². The van der Waals surface area contributed by atoms with E-state index in [2.05, 4.69) is 17.2 Å². The van der Waals surface area contributed by atoms with E-state index in [1.165, 1.54) is 0 Å². The Labute approximate surface area is 105 Å². The lowest BCUT2D eigenvalue weighted by molar-refractivity contribution is 0.584. The summed E-state index contributed by atoms with van der Waals surface area (Å²) in [6, 6.07) is 7.68. The molecule has 0 bridgehead atoms. The standard InChI is InChI=1S/C12H15ClN4/c1-2-7-17-12(11(8-14)15-16-17)9-5-3-4-6-10(9)13/h3-6H,2,7-8,14H2,1H3. The van der Waals surface area contributed by atoms with Crippen molar-refractivity contribution in [2.75, 3.05) is 0 Å². The van der Waals surface area contributed by atoms with E-state index in [1.54, 1.807) is 0 Å². The van der Waals surface area contributed by atoms with Crippen LogP contribution in [0.4, 0.5) is 0 Å². The molecule has 0 amide bonds. The van der Waals surface area contributed by atoms with Crippen molar-refractivity contribution >= 4 is 11.6 Å². The Bertz CT molecular complexity index is 507. The summed E-state index contributed by atoms with van der Waals surface area (Å²) in [4.78, 5) is 0. The zero-order valence-electron chi connectivity index (χ0n) is 9.73. The number of nitrogens with two attached hydrogens (primary N) is 1. The van der Waals surface area contributed by atoms with Gasteiger partial charge in [-0.05, 0) is 12.5 Å². The molecule has 0 atom stereocenters. The molecule has 0 aliphatic rings. The summed E-state index contributed by atoms with van der Waals surface area (Å²) in [5.41, 5.74) is 8.34. The number of hydrogen-bond donors (Lipinski definition) is 1. The summed E-state index contributed by atoms with van der Waals surface area (Å²) < 4.78 is 1.86. The lowest BCUT2D eigenvalue weighted by Crippen LogP contribution is -2.04. The van der Waals surface area contributed by atoms with Crippen molar-refractivity contribution in [2.45, 2.75) is 26.4 Å². The van der Waals surface area contributed by atoms with Gasteiger partial charge in [0.15, 0.2) is 0 Å². The van der Waals surface area contributed by atoms with Gasteiger partial charge in [0, 0.05) is 18.7 Å². The Kier molecular flexibility index (Phi) is 3.76. The minimum absolute atomic E-state index is 0.365. The zero-order valence-corrected chi connectivity index (χ0v) is 10.5. The number of aryl methyl sites for hydroxylation is 1. The smallest absolute Gasteiger partial charge is 0.104 e. The average Bonchev–Trinajstić information content (AvgIpc) is 2.73. The Morgan fingerprint density at radius 1 is 1.35 bits per heavy atom. The Morgan fingerprint density at radius 3 is 2.76 bits per heavy atom. The summed E-state index contributed by atoms with van der Waals surface area (Å²) in [6.45, 7) is 3.28. The van der Waals surface area contributed by atoms with Crippen molar-refractivity contribution in [1.29, 1.82) is 0 Å². The quantitative estimate of drug-likeness (QED) is 0.907. The van der Waals surface area contributed by atoms with E-state index < -0.39 is 0 Å². The van der Waals surface area contributed by atoms with E-state index in [1.807, 2.05) is 28.9 Å². The monoisotopic (exact) mass is 250 g/mol. The largest absolute Gasteiger partial charge is 0.325 e. The molecule has 0 saturated carbocycles. The van der Waals surface area contributed by atoms with E-state index >= 15 is 0 Å². The maximum atomic E-state index is 6.21. The van der Waals surface area contributed by atoms with E-state index in [9.17, 15) is 0 Å². The number of halogens is 1. The topological polar surface area (TPSA) is 56.7 Å². The summed E-state index contributed by atoms with van der Waals surface area (Å²) in [6.07, 6.45) is 0.991. The third-order valence-corrected chi connectivity index (χ3v) is 2.89. The number of aromatic nitrogens is 3. The molecule has 17 heavy (non-hydrogen) atoms. The van der Waals surface area contributed by atoms with E-state index in [4.69, 9.17) is 17.3 Å². The van der Waals surface area contributed by atoms with Gasteiger partial charge in [0.25, 0.3) is 0 Å². The number of benzene rings is 1. The fourth-order valence-electron chi connectivity index (χ4n) is 1.80. The SMILES string of the molecule is CCCn1nnc(CN)c1-c1ccccc1Cl. The summed E-state index contributed by atoms with van der Waals surface area (Å²) in [7, 11) is 0. The van der Waals surface area contributed by atoms with Crippen LogP contribution in [0.2, 0.25) is 5.02 Å². The number of rotatable bonds is 4. The van der Waals surface area contributed by atoms with Crippen molar-refractivity contribution < 1.29 is 0 Å². The highest BCUT2D eigenvalue weighted by molar-refractivity contribution is 6.33. The van der Waals surface area contributed by atoms with Crippen molar-refractivity contribution in [2.24, 2.45) is 5.73 Å². The highest BCUT2D eigenvalue weighted by atomic mass is 35.5. The lowest BCUT2D eigenvalue weighted by Gasteiger charge is -2.08. The van der Waals surface area contributed by atoms with Gasteiger partial charge in [0.2, 0.25) is 0 Å². The van der Waals surface area contributed by atoms with Crippen LogP contribution in [0.1, 0.15) is 19.0 Å². The van der Waals surface area contributed by atoms with Crippen molar-refractivity contribution in [1.82, 2.24) is 15.0 Å². The van der Waals surface area contributed by atoms with Gasteiger partial charge in [-0.3, -0.25) is 0 Å². The van der Waals surface area contributed by atoms with Crippen molar-refractivity contribution in [3.63, 3.8) is 0 Å². The third-order valence-electron chi connectivity index (χ3n) is 2.56. The summed E-state index contributed by atoms with van der Waals surface area (Å²) in [5, 5.41) is 8.92. The van der Waals surface area contributed by atoms with Gasteiger partial charge < -0.3 is 5.73 Å². The van der Waals surface area contributed by atoms with Gasteiger partial charge in [0.1, 0.15) is 5.69 Å². The van der Waals surface area contributed by atoms with E-state index in [0.29, 0.717) is 11.6 Å². The molecule has 2 N–H and O–H groups in total. The van der Waals surface area contributed by atoms with Crippen LogP contribution >= 0.6 is 11.6 Å². The Balaban J connectivity index is 2.56. The molecule has 1 heterocycles. The Morgan fingerprint density at radius 2 is 2.12 bits per heavy atom. The van der Waals surface area contributed by atoms with Crippen LogP contribution in [-0.4, -0.2) is 15.0 Å². The third kappa shape index (κ3) is 2.33. The van der Waals surface area contributed by atoms with Crippen molar-refractivity contribution in [3.8, 4) is 11.3 Å². The fourth-order valence-corrected chi connectivity index (χ4v) is 2.03. The maximum absolute atomic E-state index is 6.21. The Hall–Kier alpha value is -1.39. The molecule has 1 aromatic heterocycles. The highest BCUT2D eigenvalue weighted by Crippen LogP contribution is 2.29. The maximum Gasteiger partial charge on any atom is 0.104 e. The molecule has 90 valence electrons. The van der Waals surface area contributed by atoms with Crippen molar-refractivity contribution in [3.05, 3.63) is 35.0 Å². The molecule has 1 aromatic carbocycles. The molecule has 2 rings (SSSR count). The number of nitrogens with zero attached hydrogens (tertiary/aromatic N) is 3. The molecule has 4 nitrogen and oxygen atoms in total. The molecule has 0 fully saturated rings. The first-order valence-corrected chi connectivity index (χ1v) is 6.03. The van der Waals surface area contributed by atoms with Gasteiger partial charge in [0.05, 0.1) is 10.7 Å². The summed E-state index contributed by atoms with van der Waals surface area (Å²) in [5.74, 6) is 0. The molecule has 0 spiro atoms. The first-order valence-electron chi connectivity index (χ1n) is 5.65. The molecule has 0 aliphatic heterocycles. The second-order valence-corrected chi connectivity index (χ2v) is 4.20. The minimum atomic E-state index is 0.365. The average molecular weight is 251 g/mol. The predicted molar refractivity (Wildman–Crippen MR) is 68.7 cm³/mol. The van der Waals surface area contributed by atoms with Crippen LogP contribution in [0.15, 0.2) is 24.3 Å². The van der Waals surface area contributed by atoms with Gasteiger partial charge in [-0.2, -0.15) is 0 Å². The van der Waals surface area contributed by atoms with Crippen LogP contribution in [0.3, 0.4) is 0 Å². The molecule has 0 saturated heterocycles. The second kappa shape index (κ2) is 5.29. The normalized spacial score (nSPS) is 10.8. The van der Waals surface area contributed by atoms with Gasteiger partial charge >= 0.3 is 0 Å². The van der Waals surface area contributed by atoms with E-state index in [-0.39, 0.29) is 0 Å². The molecule has 0 unspecified atom stereocenters. The van der Waals surface area contributed by atoms with Gasteiger partial charge in [-0.25, -0.2) is 4.68 Å². The number of hydrogen-bond acceptors (Lipinski definition) is 3. The molecular formula is C12H15ClN4. The second-order valence-electron chi connectivity index (χ2n) is 3.79. The molecule has 0 radical (unpaired) electrons. The summed E-state index contributed by atoms with van der Waals surface area (Å²) >= 11 is 6.21. The van der Waals surface area contributed by atoms with Crippen LogP contribution in [0, 0.1) is 0 Å². The molecule has 5 heteroatoms. The van der Waals surface area contributed by atoms with Crippen LogP contribution < -0.4 is 5.73 Å². The molecule has 0 aliphatic carbocycles. The van der Waals surface area contributed by atoms with E-state index in [0.717, 1.165) is 29.9 Å². The molecule has 2 aromatic rings. The zero-order chi connectivity index (χ0) is 12.3. The highest BCUT2D eigenvalue weighted by Gasteiger charge is 2.15. The first-order chi connectivity index (χ1) is 8.27. The first kappa shape index (κ1) is 12.1.